The van der Waals surface area contributed by atoms with Crippen LogP contribution in [0.3, 0.4) is 0 Å². The van der Waals surface area contributed by atoms with Gasteiger partial charge in [-0.1, -0.05) is 0 Å². The van der Waals surface area contributed by atoms with Gasteiger partial charge in [-0.3, -0.25) is 0 Å². The summed E-state index contributed by atoms with van der Waals surface area (Å²) in [5.74, 6) is 0. The van der Waals surface area contributed by atoms with Crippen molar-refractivity contribution in [2.24, 2.45) is 0 Å². The molecule has 0 spiro atoms. The van der Waals surface area contributed by atoms with E-state index in [9.17, 15) is 0 Å². The van der Waals surface area contributed by atoms with Gasteiger partial charge in [-0.2, -0.15) is 0 Å². The summed E-state index contributed by atoms with van der Waals surface area (Å²) in [6, 6.07) is 0. The predicted molar refractivity (Wildman–Crippen MR) is 6.92 cm³/mol. The number of hydrogen-bond acceptors (Lipinski definition) is 2. The Morgan fingerprint density at radius 2 is 1.25 bits per heavy atom. The van der Waals surface area contributed by atoms with Gasteiger partial charge in [0.25, 0.3) is 0 Å². The Labute approximate surface area is 83.3 Å². The molecule has 8 heavy (non-hydrogen) atoms. The molecule has 0 aromatic rings. The van der Waals surface area contributed by atoms with E-state index in [2.05, 4.69) is 0 Å². The molecule has 0 atom stereocenters. The van der Waals surface area contributed by atoms with E-state index in [1.165, 1.54) is 0 Å². The molecule has 0 aliphatic heterocycles. The second-order valence-corrected chi connectivity index (χ2v) is 1.71. The molecule has 2 N–H and O–H groups in total. The van der Waals surface area contributed by atoms with E-state index in [-0.39, 0.29) is 54.4 Å². The van der Waals surface area contributed by atoms with Gasteiger partial charge in [0.15, 0.2) is 0 Å². The Morgan fingerprint density at radius 3 is 1.25 bits per heavy atom. The topological polar surface area (TPSA) is 74.6 Å². The molecule has 4 nitrogen and oxygen atoms in total. The van der Waals surface area contributed by atoms with E-state index in [4.69, 9.17) is 16.0 Å². The van der Waals surface area contributed by atoms with E-state index in [1.807, 2.05) is 0 Å². The van der Waals surface area contributed by atoms with Gasteiger partial charge in [0.05, 0.1) is 0 Å². The zero-order valence-corrected chi connectivity index (χ0v) is 7.29. The molecule has 0 aromatic carbocycles. The first kappa shape index (κ1) is 22.6. The summed E-state index contributed by atoms with van der Waals surface area (Å²) in [6.07, 6.45) is 0. The van der Waals surface area contributed by atoms with Crippen molar-refractivity contribution in [2.45, 2.75) is 0 Å². The zero-order chi connectivity index (χ0) is 4.50. The van der Waals surface area contributed by atoms with Gasteiger partial charge in [0, 0.05) is 34.1 Å². The molecule has 0 aliphatic rings. The fraction of sp³-hybridized carbons (Fsp3) is 0. The summed E-state index contributed by atoms with van der Waals surface area (Å²) < 4.78 is 31.8. The summed E-state index contributed by atoms with van der Waals surface area (Å²) in [4.78, 5) is 0. The van der Waals surface area contributed by atoms with Crippen LogP contribution < -0.4 is 18.9 Å². The van der Waals surface area contributed by atoms with Crippen LogP contribution in [-0.2, 0) is 55.2 Å². The maximum atomic E-state index is 8.80. The fourth-order valence-corrected chi connectivity index (χ4v) is 0. The minimum atomic E-state index is -5.12. The third-order valence-electron chi connectivity index (χ3n) is 0. The molecule has 0 saturated carbocycles. The SMILES string of the molecule is [Fe].[H-].[Li+].[Mn].[O]=[Mn](=[O])([OH])[OH]. The molecule has 0 rings (SSSR count). The minimum absolute atomic E-state index is 0. The fourth-order valence-electron chi connectivity index (χ4n) is 0. The normalized spacial score (nSPS) is 7.25. The van der Waals surface area contributed by atoms with Gasteiger partial charge in [0.1, 0.15) is 0 Å². The van der Waals surface area contributed by atoms with Crippen molar-refractivity contribution in [3.05, 3.63) is 0 Å². The van der Waals surface area contributed by atoms with Crippen LogP contribution in [0.1, 0.15) is 1.43 Å². The van der Waals surface area contributed by atoms with Crippen LogP contribution >= 0.6 is 0 Å². The van der Waals surface area contributed by atoms with E-state index in [1.54, 1.807) is 0 Å². The van der Waals surface area contributed by atoms with E-state index in [0.717, 1.165) is 0 Å². The third-order valence-corrected chi connectivity index (χ3v) is 0. The van der Waals surface area contributed by atoms with E-state index in [0.29, 0.717) is 0 Å². The first-order chi connectivity index (χ1) is 2.00. The van der Waals surface area contributed by atoms with Crippen molar-refractivity contribution >= 4 is 0 Å². The van der Waals surface area contributed by atoms with Gasteiger partial charge in [-0.25, -0.2) is 0 Å². The van der Waals surface area contributed by atoms with Gasteiger partial charge >= 0.3 is 48.3 Å². The Kier molecular flexibility index (Phi) is 24.5. The van der Waals surface area contributed by atoms with E-state index < -0.39 is 13.4 Å². The van der Waals surface area contributed by atoms with Crippen molar-refractivity contribution in [3.63, 3.8) is 0 Å². The molecule has 0 fully saturated rings. The van der Waals surface area contributed by atoms with Crippen molar-refractivity contribution in [1.29, 1.82) is 0 Å². The van der Waals surface area contributed by atoms with Crippen molar-refractivity contribution < 1.29 is 83.8 Å². The van der Waals surface area contributed by atoms with Crippen LogP contribution in [0.2, 0.25) is 0 Å². The van der Waals surface area contributed by atoms with Gasteiger partial charge in [-0.05, 0) is 0 Å². The Morgan fingerprint density at radius 1 is 1.25 bits per heavy atom. The molecular formula is H3FeLiMn2O4. The summed E-state index contributed by atoms with van der Waals surface area (Å²) in [5, 5.41) is 0. The molecule has 1 radical (unpaired) electrons. The van der Waals surface area contributed by atoms with Crippen molar-refractivity contribution in [3.8, 4) is 0 Å². The maximum absolute atomic E-state index is 8.80. The van der Waals surface area contributed by atoms with Crippen molar-refractivity contribution in [2.75, 3.05) is 0 Å². The summed E-state index contributed by atoms with van der Waals surface area (Å²) in [5.41, 5.74) is 0. The van der Waals surface area contributed by atoms with Crippen LogP contribution in [0.5, 0.6) is 0 Å². The quantitative estimate of drug-likeness (QED) is 0.420. The van der Waals surface area contributed by atoms with Crippen LogP contribution in [-0.4, -0.2) is 8.38 Å². The van der Waals surface area contributed by atoms with Gasteiger partial charge < -0.3 is 1.43 Å². The predicted octanol–water partition coefficient (Wildman–Crippen LogP) is -4.24. The summed E-state index contributed by atoms with van der Waals surface area (Å²) in [7, 11) is 0. The molecular weight excluding hydrogens is 237 g/mol. The molecule has 0 saturated heterocycles. The van der Waals surface area contributed by atoms with Gasteiger partial charge in [0.2, 0.25) is 0 Å². The summed E-state index contributed by atoms with van der Waals surface area (Å²) >= 11 is -5.12. The van der Waals surface area contributed by atoms with Crippen LogP contribution in [0.4, 0.5) is 0 Å². The molecule has 0 unspecified atom stereocenters. The van der Waals surface area contributed by atoms with Crippen LogP contribution in [0.15, 0.2) is 0 Å². The average Bonchev–Trinajstić information content (AvgIpc) is 0.722. The number of rotatable bonds is 0. The monoisotopic (exact) mass is 240 g/mol. The van der Waals surface area contributed by atoms with Crippen molar-refractivity contribution in [1.82, 2.24) is 0 Å². The second kappa shape index (κ2) is 8.68. The Hall–Kier alpha value is 1.68. The zero-order valence-electron chi connectivity index (χ0n) is 4.82. The first-order valence-corrected chi connectivity index (χ1v) is 2.67. The van der Waals surface area contributed by atoms with Crippen LogP contribution in [0.25, 0.3) is 0 Å². The van der Waals surface area contributed by atoms with Crippen LogP contribution in [0, 0.1) is 0 Å². The molecule has 0 bridgehead atoms. The standard InChI is InChI=1S/Fe.Li.2Mn.2H2O.2O.H/h;;;;2*1H2;;;/q;+1;;+2;;;;;-1/p-2. The second-order valence-electron chi connectivity index (χ2n) is 0.415. The first-order valence-electron chi connectivity index (χ1n) is 0.647. The average molecular weight is 240 g/mol. The molecule has 0 aliphatic carbocycles. The molecule has 0 heterocycles. The molecule has 0 amide bonds. The third kappa shape index (κ3) is 122. The molecule has 0 aromatic heterocycles. The Bertz CT molecular complexity index is 102. The van der Waals surface area contributed by atoms with Gasteiger partial charge in [-0.15, -0.1) is 0 Å². The number of hydrogen-bond donors (Lipinski definition) is 2. The molecule has 50 valence electrons. The summed E-state index contributed by atoms with van der Waals surface area (Å²) in [6.45, 7) is 0. The molecule has 8 heteroatoms. The van der Waals surface area contributed by atoms with E-state index >= 15 is 0 Å². The Balaban J connectivity index is -0.0000000133.